The summed E-state index contributed by atoms with van der Waals surface area (Å²) in [6.45, 7) is -0.0547. The minimum Gasteiger partial charge on any atom is -0.481 e. The third-order valence-corrected chi connectivity index (χ3v) is 3.77. The number of nitro groups is 1. The van der Waals surface area contributed by atoms with Crippen LogP contribution in [0.1, 0.15) is 17.0 Å². The van der Waals surface area contributed by atoms with Crippen molar-refractivity contribution in [2.45, 2.75) is 6.42 Å². The van der Waals surface area contributed by atoms with Gasteiger partial charge in [0.15, 0.2) is 5.82 Å². The fraction of sp³-hybridized carbons (Fsp3) is 0.111. The lowest BCUT2D eigenvalue weighted by Gasteiger charge is -2.05. The second-order valence-corrected chi connectivity index (χ2v) is 5.71. The Balaban J connectivity index is 1.97. The van der Waals surface area contributed by atoms with Gasteiger partial charge >= 0.3 is 5.97 Å². The Morgan fingerprint density at radius 2 is 1.79 bits per heavy atom. The van der Waals surface area contributed by atoms with Gasteiger partial charge in [-0.3, -0.25) is 19.7 Å². The van der Waals surface area contributed by atoms with Crippen LogP contribution in [0.2, 0.25) is 0 Å². The molecule has 0 fully saturated rings. The number of carboxylic acids is 1. The van der Waals surface area contributed by atoms with Crippen LogP contribution in [0.5, 0.6) is 0 Å². The molecule has 2 N–H and O–H groups in total. The second kappa shape index (κ2) is 8.08. The van der Waals surface area contributed by atoms with Crippen molar-refractivity contribution in [1.82, 2.24) is 20.1 Å². The number of carboxylic acid groups (broad SMARTS) is 1. The van der Waals surface area contributed by atoms with E-state index in [0.717, 1.165) is 0 Å². The van der Waals surface area contributed by atoms with E-state index in [-0.39, 0.29) is 24.5 Å². The van der Waals surface area contributed by atoms with Gasteiger partial charge in [-0.2, -0.15) is 0 Å². The highest BCUT2D eigenvalue weighted by molar-refractivity contribution is 5.91. The van der Waals surface area contributed by atoms with E-state index in [1.165, 1.54) is 28.9 Å². The molecular formula is C18H15N5O5. The lowest BCUT2D eigenvalue weighted by atomic mass is 10.2. The van der Waals surface area contributed by atoms with Crippen LogP contribution < -0.4 is 5.32 Å². The van der Waals surface area contributed by atoms with Gasteiger partial charge in [-0.15, -0.1) is 5.10 Å². The first kappa shape index (κ1) is 18.7. The van der Waals surface area contributed by atoms with E-state index in [4.69, 9.17) is 5.11 Å². The number of hydrogen-bond acceptors (Lipinski definition) is 6. The Kier molecular flexibility index (Phi) is 5.40. The molecule has 2 aromatic carbocycles. The Morgan fingerprint density at radius 3 is 2.39 bits per heavy atom. The summed E-state index contributed by atoms with van der Waals surface area (Å²) in [6, 6.07) is 14.7. The summed E-state index contributed by atoms with van der Waals surface area (Å²) in [5, 5.41) is 26.2. The number of amides is 1. The Labute approximate surface area is 158 Å². The zero-order chi connectivity index (χ0) is 20.1. The third-order valence-electron chi connectivity index (χ3n) is 3.77. The third kappa shape index (κ3) is 4.18. The monoisotopic (exact) mass is 381 g/mol. The van der Waals surface area contributed by atoms with Crippen molar-refractivity contribution in [1.29, 1.82) is 0 Å². The molecule has 0 bridgehead atoms. The largest absolute Gasteiger partial charge is 0.481 e. The quantitative estimate of drug-likeness (QED) is 0.471. The first-order chi connectivity index (χ1) is 13.5. The fourth-order valence-electron chi connectivity index (χ4n) is 2.44. The van der Waals surface area contributed by atoms with Crippen molar-refractivity contribution in [3.63, 3.8) is 0 Å². The number of nitrogens with zero attached hydrogens (tertiary/aromatic N) is 4. The van der Waals surface area contributed by atoms with Crippen LogP contribution in [0.4, 0.5) is 5.69 Å². The molecule has 1 aromatic heterocycles. The van der Waals surface area contributed by atoms with Crippen LogP contribution in [-0.2, 0) is 4.79 Å². The van der Waals surface area contributed by atoms with Gasteiger partial charge in [-0.05, 0) is 12.1 Å². The summed E-state index contributed by atoms with van der Waals surface area (Å²) >= 11 is 0. The lowest BCUT2D eigenvalue weighted by molar-refractivity contribution is -0.384. The Hall–Kier alpha value is -4.08. The fourth-order valence-corrected chi connectivity index (χ4v) is 2.44. The molecule has 28 heavy (non-hydrogen) atoms. The smallest absolute Gasteiger partial charge is 0.305 e. The standard InChI is InChI=1S/C18H15N5O5/c24-15(25)10-11-19-18(26)16-20-17(12-4-2-1-3-5-12)22(21-16)13-6-8-14(9-7-13)23(27)28/h1-9H,10-11H2,(H,19,26)(H,24,25). The highest BCUT2D eigenvalue weighted by Gasteiger charge is 2.19. The summed E-state index contributed by atoms with van der Waals surface area (Å²) < 4.78 is 1.41. The van der Waals surface area contributed by atoms with E-state index < -0.39 is 16.8 Å². The molecule has 3 aromatic rings. The average molecular weight is 381 g/mol. The average Bonchev–Trinajstić information content (AvgIpc) is 3.14. The molecule has 0 saturated heterocycles. The van der Waals surface area contributed by atoms with Gasteiger partial charge in [-0.25, -0.2) is 9.67 Å². The molecule has 0 aliphatic rings. The molecule has 10 heteroatoms. The number of nitrogens with one attached hydrogen (secondary N) is 1. The number of hydrogen-bond donors (Lipinski definition) is 2. The van der Waals surface area contributed by atoms with Crippen LogP contribution in [0.15, 0.2) is 54.6 Å². The van der Waals surface area contributed by atoms with Crippen LogP contribution in [0, 0.1) is 10.1 Å². The van der Waals surface area contributed by atoms with Gasteiger partial charge in [-0.1, -0.05) is 30.3 Å². The molecule has 3 rings (SSSR count). The van der Waals surface area contributed by atoms with E-state index in [1.807, 2.05) is 6.07 Å². The van der Waals surface area contributed by atoms with Gasteiger partial charge in [0, 0.05) is 24.2 Å². The highest BCUT2D eigenvalue weighted by atomic mass is 16.6. The molecule has 142 valence electrons. The SMILES string of the molecule is O=C(O)CCNC(=O)c1nc(-c2ccccc2)n(-c2ccc([N+](=O)[O-])cc2)n1. The van der Waals surface area contributed by atoms with Gasteiger partial charge in [0.2, 0.25) is 5.82 Å². The topological polar surface area (TPSA) is 140 Å². The van der Waals surface area contributed by atoms with Gasteiger partial charge in [0.25, 0.3) is 11.6 Å². The maximum Gasteiger partial charge on any atom is 0.305 e. The summed E-state index contributed by atoms with van der Waals surface area (Å²) in [5.41, 5.74) is 1.11. The normalized spacial score (nSPS) is 10.4. The summed E-state index contributed by atoms with van der Waals surface area (Å²) in [4.78, 5) is 37.5. The van der Waals surface area contributed by atoms with Crippen molar-refractivity contribution >= 4 is 17.6 Å². The molecule has 10 nitrogen and oxygen atoms in total. The summed E-state index contributed by atoms with van der Waals surface area (Å²) in [5.74, 6) is -1.41. The minimum atomic E-state index is -1.03. The van der Waals surface area contributed by atoms with E-state index in [0.29, 0.717) is 17.1 Å². The molecule has 1 heterocycles. The van der Waals surface area contributed by atoms with Crippen molar-refractivity contribution in [2.24, 2.45) is 0 Å². The number of nitro benzene ring substituents is 1. The van der Waals surface area contributed by atoms with Gasteiger partial charge < -0.3 is 10.4 Å². The lowest BCUT2D eigenvalue weighted by Crippen LogP contribution is -2.27. The van der Waals surface area contributed by atoms with E-state index in [9.17, 15) is 19.7 Å². The Morgan fingerprint density at radius 1 is 1.11 bits per heavy atom. The predicted octanol–water partition coefficient (Wildman–Crippen LogP) is 2.05. The van der Waals surface area contributed by atoms with Crippen LogP contribution >= 0.6 is 0 Å². The number of benzene rings is 2. The molecule has 0 spiro atoms. The second-order valence-electron chi connectivity index (χ2n) is 5.71. The summed E-state index contributed by atoms with van der Waals surface area (Å²) in [6.07, 6.45) is -0.222. The number of aromatic nitrogens is 3. The number of carbonyl (C=O) groups is 2. The minimum absolute atomic E-state index is 0.0547. The number of rotatable bonds is 7. The highest BCUT2D eigenvalue weighted by Crippen LogP contribution is 2.22. The van der Waals surface area contributed by atoms with Gasteiger partial charge in [0.05, 0.1) is 17.0 Å². The van der Waals surface area contributed by atoms with E-state index in [1.54, 1.807) is 24.3 Å². The molecular weight excluding hydrogens is 366 g/mol. The maximum atomic E-state index is 12.3. The van der Waals surface area contributed by atoms with Crippen molar-refractivity contribution in [3.05, 3.63) is 70.5 Å². The number of non-ortho nitro benzene ring substituents is 1. The van der Waals surface area contributed by atoms with E-state index >= 15 is 0 Å². The number of carbonyl (C=O) groups excluding carboxylic acids is 1. The zero-order valence-electron chi connectivity index (χ0n) is 14.5. The molecule has 0 aliphatic heterocycles. The maximum absolute atomic E-state index is 12.3. The molecule has 0 saturated carbocycles. The van der Waals surface area contributed by atoms with Crippen molar-refractivity contribution < 1.29 is 19.6 Å². The molecule has 0 aliphatic carbocycles. The summed E-state index contributed by atoms with van der Waals surface area (Å²) in [7, 11) is 0. The first-order valence-corrected chi connectivity index (χ1v) is 8.23. The Bertz CT molecular complexity index is 1010. The van der Waals surface area contributed by atoms with E-state index in [2.05, 4.69) is 15.4 Å². The molecule has 0 unspecified atom stereocenters. The molecule has 0 atom stereocenters. The number of aliphatic carboxylic acids is 1. The van der Waals surface area contributed by atoms with Crippen molar-refractivity contribution in [2.75, 3.05) is 6.54 Å². The van der Waals surface area contributed by atoms with Crippen LogP contribution in [0.3, 0.4) is 0 Å². The van der Waals surface area contributed by atoms with Gasteiger partial charge in [0.1, 0.15) is 0 Å². The predicted molar refractivity (Wildman–Crippen MR) is 98.0 cm³/mol. The molecule has 1 amide bonds. The van der Waals surface area contributed by atoms with Crippen LogP contribution in [-0.4, -0.2) is 43.2 Å². The van der Waals surface area contributed by atoms with Crippen molar-refractivity contribution in [3.8, 4) is 17.1 Å². The van der Waals surface area contributed by atoms with Crippen LogP contribution in [0.25, 0.3) is 17.1 Å². The molecule has 0 radical (unpaired) electrons. The first-order valence-electron chi connectivity index (χ1n) is 8.23. The zero-order valence-corrected chi connectivity index (χ0v) is 14.5.